The molecule has 0 saturated heterocycles. The number of carbonyl (C=O) groups excluding carboxylic acids is 2. The standard InChI is InChI=1S/C18H20N2O5S/c1-12(8-9-14-6-4-3-5-7-14)19-17(21)13(2)25-18(22)15-10-11-16(26-15)20(23)24/h3-7,10-13H,8-9H2,1-2H3,(H,19,21)/t12-,13+/m0/s1. The summed E-state index contributed by atoms with van der Waals surface area (Å²) in [6.07, 6.45) is 0.603. The lowest BCUT2D eigenvalue weighted by Gasteiger charge is -2.17. The highest BCUT2D eigenvalue weighted by Crippen LogP contribution is 2.24. The van der Waals surface area contributed by atoms with Gasteiger partial charge in [0.1, 0.15) is 4.88 Å². The van der Waals surface area contributed by atoms with E-state index in [1.807, 2.05) is 37.3 Å². The van der Waals surface area contributed by atoms with Crippen molar-refractivity contribution in [2.75, 3.05) is 0 Å². The Hall–Kier alpha value is -2.74. The lowest BCUT2D eigenvalue weighted by atomic mass is 10.1. The van der Waals surface area contributed by atoms with Gasteiger partial charge in [-0.25, -0.2) is 4.79 Å². The smallest absolute Gasteiger partial charge is 0.349 e. The van der Waals surface area contributed by atoms with Gasteiger partial charge < -0.3 is 10.1 Å². The first-order valence-corrected chi connectivity index (χ1v) is 8.98. The van der Waals surface area contributed by atoms with Crippen molar-refractivity contribution in [2.45, 2.75) is 38.8 Å². The van der Waals surface area contributed by atoms with Gasteiger partial charge in [-0.15, -0.1) is 0 Å². The van der Waals surface area contributed by atoms with E-state index in [4.69, 9.17) is 4.74 Å². The van der Waals surface area contributed by atoms with Crippen LogP contribution in [0.3, 0.4) is 0 Å². The Kier molecular flexibility index (Phi) is 6.85. The van der Waals surface area contributed by atoms with Crippen LogP contribution in [0.25, 0.3) is 0 Å². The highest BCUT2D eigenvalue weighted by Gasteiger charge is 2.23. The molecule has 2 atom stereocenters. The minimum absolute atomic E-state index is 0.0771. The average Bonchev–Trinajstić information content (AvgIpc) is 3.11. The number of esters is 1. The number of ether oxygens (including phenoxy) is 1. The number of rotatable bonds is 8. The molecular weight excluding hydrogens is 356 g/mol. The molecule has 2 aromatic rings. The Morgan fingerprint density at radius 1 is 1.19 bits per heavy atom. The van der Waals surface area contributed by atoms with E-state index in [1.165, 1.54) is 24.6 Å². The predicted molar refractivity (Wildman–Crippen MR) is 98.2 cm³/mol. The van der Waals surface area contributed by atoms with Crippen molar-refractivity contribution in [1.29, 1.82) is 0 Å². The van der Waals surface area contributed by atoms with Crippen molar-refractivity contribution in [1.82, 2.24) is 5.32 Å². The Balaban J connectivity index is 1.80. The van der Waals surface area contributed by atoms with Crippen LogP contribution in [0.4, 0.5) is 5.00 Å². The molecule has 0 bridgehead atoms. The van der Waals surface area contributed by atoms with Gasteiger partial charge in [0.15, 0.2) is 6.10 Å². The van der Waals surface area contributed by atoms with Crippen LogP contribution in [0, 0.1) is 10.1 Å². The van der Waals surface area contributed by atoms with Gasteiger partial charge in [-0.2, -0.15) is 0 Å². The van der Waals surface area contributed by atoms with Crippen molar-refractivity contribution >= 4 is 28.2 Å². The van der Waals surface area contributed by atoms with Crippen molar-refractivity contribution in [3.63, 3.8) is 0 Å². The van der Waals surface area contributed by atoms with Crippen LogP contribution < -0.4 is 5.32 Å². The lowest BCUT2D eigenvalue weighted by molar-refractivity contribution is -0.380. The number of nitro groups is 1. The van der Waals surface area contributed by atoms with Crippen LogP contribution in [0.1, 0.15) is 35.5 Å². The molecule has 7 nitrogen and oxygen atoms in total. The highest BCUT2D eigenvalue weighted by atomic mass is 32.1. The summed E-state index contributed by atoms with van der Waals surface area (Å²) in [6.45, 7) is 3.36. The molecule has 2 rings (SSSR count). The number of thiophene rings is 1. The summed E-state index contributed by atoms with van der Waals surface area (Å²) in [5, 5.41) is 13.3. The van der Waals surface area contributed by atoms with Crippen LogP contribution >= 0.6 is 11.3 Å². The normalized spacial score (nSPS) is 12.8. The summed E-state index contributed by atoms with van der Waals surface area (Å²) >= 11 is 0.717. The van der Waals surface area contributed by atoms with Crippen LogP contribution in [-0.2, 0) is 16.0 Å². The molecule has 1 aromatic heterocycles. The van der Waals surface area contributed by atoms with Gasteiger partial charge in [-0.3, -0.25) is 14.9 Å². The fraction of sp³-hybridized carbons (Fsp3) is 0.333. The first kappa shape index (κ1) is 19.6. The van der Waals surface area contributed by atoms with Gasteiger partial charge in [0, 0.05) is 12.1 Å². The monoisotopic (exact) mass is 376 g/mol. The molecule has 0 spiro atoms. The molecule has 1 heterocycles. The van der Waals surface area contributed by atoms with E-state index in [1.54, 1.807) is 0 Å². The molecule has 1 aromatic carbocycles. The van der Waals surface area contributed by atoms with Gasteiger partial charge in [0.25, 0.3) is 5.91 Å². The van der Waals surface area contributed by atoms with E-state index in [2.05, 4.69) is 5.32 Å². The number of benzene rings is 1. The number of amides is 1. The molecule has 0 saturated carbocycles. The van der Waals surface area contributed by atoms with E-state index in [-0.39, 0.29) is 15.9 Å². The Morgan fingerprint density at radius 3 is 2.50 bits per heavy atom. The second kappa shape index (κ2) is 9.10. The summed E-state index contributed by atoms with van der Waals surface area (Å²) in [5.74, 6) is -1.15. The largest absolute Gasteiger partial charge is 0.448 e. The summed E-state index contributed by atoms with van der Waals surface area (Å²) in [4.78, 5) is 34.3. The topological polar surface area (TPSA) is 98.5 Å². The van der Waals surface area contributed by atoms with Crippen molar-refractivity contribution < 1.29 is 19.2 Å². The highest BCUT2D eigenvalue weighted by molar-refractivity contribution is 7.17. The maximum absolute atomic E-state index is 12.2. The SMILES string of the molecule is C[C@@H](CCc1ccccc1)NC(=O)[C@@H](C)OC(=O)c1ccc([N+](=O)[O-])s1. The molecule has 0 aliphatic carbocycles. The van der Waals surface area contributed by atoms with E-state index < -0.39 is 22.9 Å². The third-order valence-corrected chi connectivity index (χ3v) is 4.74. The first-order chi connectivity index (χ1) is 12.4. The third kappa shape index (κ3) is 5.66. The number of carbonyl (C=O) groups is 2. The van der Waals surface area contributed by atoms with Crippen LogP contribution in [0.2, 0.25) is 0 Å². The minimum Gasteiger partial charge on any atom is -0.448 e. The quantitative estimate of drug-likeness (QED) is 0.433. The van der Waals surface area contributed by atoms with E-state index in [0.717, 1.165) is 24.2 Å². The zero-order valence-corrected chi connectivity index (χ0v) is 15.3. The number of nitrogens with zero attached hydrogens (tertiary/aromatic N) is 1. The number of nitrogens with one attached hydrogen (secondary N) is 1. The van der Waals surface area contributed by atoms with Crippen LogP contribution in [0.5, 0.6) is 0 Å². The van der Waals surface area contributed by atoms with E-state index in [0.29, 0.717) is 0 Å². The number of hydrogen-bond donors (Lipinski definition) is 1. The summed E-state index contributed by atoms with van der Waals surface area (Å²) < 4.78 is 5.09. The first-order valence-electron chi connectivity index (χ1n) is 8.16. The fourth-order valence-electron chi connectivity index (χ4n) is 2.27. The lowest BCUT2D eigenvalue weighted by Crippen LogP contribution is -2.40. The van der Waals surface area contributed by atoms with Gasteiger partial charge in [0.05, 0.1) is 4.92 Å². The number of aryl methyl sites for hydroxylation is 1. The molecule has 0 aliphatic heterocycles. The Labute approximate surface area is 155 Å². The second-order valence-electron chi connectivity index (χ2n) is 5.88. The molecule has 1 amide bonds. The Morgan fingerprint density at radius 2 is 1.88 bits per heavy atom. The average molecular weight is 376 g/mol. The van der Waals surface area contributed by atoms with Crippen LogP contribution in [-0.4, -0.2) is 28.9 Å². The van der Waals surface area contributed by atoms with E-state index in [9.17, 15) is 19.7 Å². The predicted octanol–water partition coefficient (Wildman–Crippen LogP) is 3.34. The summed E-state index contributed by atoms with van der Waals surface area (Å²) in [6, 6.07) is 12.4. The fourth-order valence-corrected chi connectivity index (χ4v) is 2.97. The zero-order chi connectivity index (χ0) is 19.1. The maximum atomic E-state index is 12.2. The summed E-state index contributed by atoms with van der Waals surface area (Å²) in [5.41, 5.74) is 1.19. The van der Waals surface area contributed by atoms with Crippen molar-refractivity contribution in [3.05, 3.63) is 63.0 Å². The molecule has 0 fully saturated rings. The molecule has 26 heavy (non-hydrogen) atoms. The molecule has 8 heteroatoms. The van der Waals surface area contributed by atoms with Gasteiger partial charge in [-0.05, 0) is 38.3 Å². The minimum atomic E-state index is -0.983. The molecule has 0 aliphatic rings. The van der Waals surface area contributed by atoms with Crippen molar-refractivity contribution in [3.8, 4) is 0 Å². The molecule has 138 valence electrons. The molecule has 1 N–H and O–H groups in total. The summed E-state index contributed by atoms with van der Waals surface area (Å²) in [7, 11) is 0. The third-order valence-electron chi connectivity index (χ3n) is 3.72. The van der Waals surface area contributed by atoms with E-state index >= 15 is 0 Å². The molecule has 0 unspecified atom stereocenters. The van der Waals surface area contributed by atoms with Crippen molar-refractivity contribution in [2.24, 2.45) is 0 Å². The second-order valence-corrected chi connectivity index (χ2v) is 6.94. The molecular formula is C18H20N2O5S. The molecule has 0 radical (unpaired) electrons. The zero-order valence-electron chi connectivity index (χ0n) is 14.5. The van der Waals surface area contributed by atoms with Gasteiger partial charge >= 0.3 is 11.0 Å². The maximum Gasteiger partial charge on any atom is 0.349 e. The van der Waals surface area contributed by atoms with Gasteiger partial charge in [0.2, 0.25) is 0 Å². The Bertz CT molecular complexity index is 775. The number of hydrogen-bond acceptors (Lipinski definition) is 6. The van der Waals surface area contributed by atoms with Crippen LogP contribution in [0.15, 0.2) is 42.5 Å². The van der Waals surface area contributed by atoms with Gasteiger partial charge in [-0.1, -0.05) is 41.7 Å².